The Bertz CT molecular complexity index is 3350. The third-order valence-corrected chi connectivity index (χ3v) is 12.7. The van der Waals surface area contributed by atoms with Crippen molar-refractivity contribution in [2.24, 2.45) is 0 Å². The van der Waals surface area contributed by atoms with Gasteiger partial charge in [-0.3, -0.25) is 0 Å². The number of fused-ring (bicyclic) bond motifs is 8. The van der Waals surface area contributed by atoms with E-state index in [0.717, 1.165) is 50.1 Å². The van der Waals surface area contributed by atoms with Crippen LogP contribution in [0.5, 0.6) is 0 Å². The number of hydrogen-bond acceptors (Lipinski definition) is 2. The maximum Gasteiger partial charge on any atom is 0.159 e. The first-order chi connectivity index (χ1) is 30.3. The standard InChI is InChI=1S/C59H39NO/c1-5-18-40(19-6-1)41-32-35-46(36-33-41)60(54-31-17-29-49-57-47-27-14-13-22-43(47)34-37-56(57)61-58(49)54)55-39-51-48-28-15-16-30-52(48)59(44-23-9-3-10-24-44,45-25-11-4-12-26-45)53(51)38-50(55)42-20-7-2-8-21-42/h1-39H. The van der Waals surface area contributed by atoms with Gasteiger partial charge in [0.15, 0.2) is 5.58 Å². The van der Waals surface area contributed by atoms with E-state index in [1.165, 1.54) is 55.3 Å². The summed E-state index contributed by atoms with van der Waals surface area (Å²) in [4.78, 5) is 2.43. The van der Waals surface area contributed by atoms with Crippen LogP contribution in [0.1, 0.15) is 22.3 Å². The zero-order valence-corrected chi connectivity index (χ0v) is 33.4. The number of hydrogen-bond donors (Lipinski definition) is 0. The van der Waals surface area contributed by atoms with Crippen molar-refractivity contribution in [2.75, 3.05) is 4.90 Å². The predicted molar refractivity (Wildman–Crippen MR) is 254 cm³/mol. The fraction of sp³-hybridized carbons (Fsp3) is 0.0169. The van der Waals surface area contributed by atoms with Crippen molar-refractivity contribution in [3.05, 3.63) is 259 Å². The van der Waals surface area contributed by atoms with E-state index in [4.69, 9.17) is 4.42 Å². The molecule has 0 fully saturated rings. The summed E-state index contributed by atoms with van der Waals surface area (Å²) < 4.78 is 7.01. The molecule has 0 saturated heterocycles. The Balaban J connectivity index is 1.19. The molecule has 0 aliphatic heterocycles. The monoisotopic (exact) mass is 777 g/mol. The topological polar surface area (TPSA) is 16.4 Å². The van der Waals surface area contributed by atoms with Gasteiger partial charge in [-0.15, -0.1) is 0 Å². The molecule has 0 spiro atoms. The Morgan fingerprint density at radius 2 is 0.951 bits per heavy atom. The molecule has 10 aromatic carbocycles. The van der Waals surface area contributed by atoms with Gasteiger partial charge >= 0.3 is 0 Å². The van der Waals surface area contributed by atoms with Crippen LogP contribution in [-0.4, -0.2) is 0 Å². The molecule has 0 amide bonds. The van der Waals surface area contributed by atoms with E-state index in [0.29, 0.717) is 0 Å². The number of anilines is 3. The summed E-state index contributed by atoms with van der Waals surface area (Å²) in [6, 6.07) is 86.0. The van der Waals surface area contributed by atoms with E-state index in [-0.39, 0.29) is 0 Å². The summed E-state index contributed by atoms with van der Waals surface area (Å²) in [5.41, 5.74) is 16.4. The van der Waals surface area contributed by atoms with Crippen LogP contribution >= 0.6 is 0 Å². The summed E-state index contributed by atoms with van der Waals surface area (Å²) in [5.74, 6) is 0. The molecule has 1 aliphatic rings. The van der Waals surface area contributed by atoms with Gasteiger partial charge < -0.3 is 9.32 Å². The van der Waals surface area contributed by atoms with E-state index in [9.17, 15) is 0 Å². The molecular weight excluding hydrogens is 739 g/mol. The SMILES string of the molecule is c1ccc(-c2ccc(N(c3cc4c(cc3-c3ccccc3)C(c3ccccc3)(c3ccccc3)c3ccccc3-4)c3cccc4c3oc3ccc5ccccc5c34)cc2)cc1. The van der Waals surface area contributed by atoms with Gasteiger partial charge in [-0.05, 0) is 97.2 Å². The Morgan fingerprint density at radius 1 is 0.361 bits per heavy atom. The maximum absolute atomic E-state index is 7.01. The molecule has 0 unspecified atom stereocenters. The molecule has 286 valence electrons. The Labute approximate surface area is 355 Å². The third kappa shape index (κ3) is 5.43. The number of rotatable bonds is 7. The number of furan rings is 1. The molecule has 61 heavy (non-hydrogen) atoms. The lowest BCUT2D eigenvalue weighted by atomic mass is 9.67. The second kappa shape index (κ2) is 14.1. The Hall–Kier alpha value is -7.94. The molecular formula is C59H39NO. The number of nitrogens with zero attached hydrogens (tertiary/aromatic N) is 1. The molecule has 11 aromatic rings. The highest BCUT2D eigenvalue weighted by atomic mass is 16.3. The maximum atomic E-state index is 7.01. The molecule has 2 nitrogen and oxygen atoms in total. The molecule has 1 aliphatic carbocycles. The average Bonchev–Trinajstić information content (AvgIpc) is 3.87. The zero-order chi connectivity index (χ0) is 40.3. The summed E-state index contributed by atoms with van der Waals surface area (Å²) in [6.07, 6.45) is 0. The predicted octanol–water partition coefficient (Wildman–Crippen LogP) is 15.9. The van der Waals surface area contributed by atoms with Crippen LogP contribution in [0.25, 0.3) is 66.1 Å². The lowest BCUT2D eigenvalue weighted by molar-refractivity contribution is 0.669. The number of para-hydroxylation sites is 1. The van der Waals surface area contributed by atoms with Gasteiger partial charge in [0.05, 0.1) is 16.8 Å². The van der Waals surface area contributed by atoms with Crippen LogP contribution in [0.3, 0.4) is 0 Å². The lowest BCUT2D eigenvalue weighted by Crippen LogP contribution is -2.28. The molecule has 1 aromatic heterocycles. The van der Waals surface area contributed by atoms with Crippen LogP contribution in [0.2, 0.25) is 0 Å². The summed E-state index contributed by atoms with van der Waals surface area (Å²) in [5, 5.41) is 4.61. The van der Waals surface area contributed by atoms with Gasteiger partial charge in [0, 0.05) is 22.0 Å². The smallest absolute Gasteiger partial charge is 0.159 e. The van der Waals surface area contributed by atoms with E-state index >= 15 is 0 Å². The third-order valence-electron chi connectivity index (χ3n) is 12.7. The van der Waals surface area contributed by atoms with Crippen LogP contribution in [0.15, 0.2) is 241 Å². The van der Waals surface area contributed by atoms with Gasteiger partial charge in [-0.1, -0.05) is 200 Å². The van der Waals surface area contributed by atoms with E-state index < -0.39 is 5.41 Å². The first-order valence-electron chi connectivity index (χ1n) is 21.0. The van der Waals surface area contributed by atoms with Crippen molar-refractivity contribution in [2.45, 2.75) is 5.41 Å². The van der Waals surface area contributed by atoms with Gasteiger partial charge in [-0.25, -0.2) is 0 Å². The number of benzene rings is 10. The van der Waals surface area contributed by atoms with Crippen LogP contribution in [-0.2, 0) is 5.41 Å². The molecule has 12 rings (SSSR count). The van der Waals surface area contributed by atoms with Crippen molar-refractivity contribution in [3.8, 4) is 33.4 Å². The van der Waals surface area contributed by atoms with E-state index in [1.54, 1.807) is 0 Å². The molecule has 1 heterocycles. The molecule has 0 N–H and O–H groups in total. The lowest BCUT2D eigenvalue weighted by Gasteiger charge is -2.35. The Morgan fingerprint density at radius 3 is 1.67 bits per heavy atom. The van der Waals surface area contributed by atoms with Gasteiger partial charge in [0.2, 0.25) is 0 Å². The Kier molecular flexibility index (Phi) is 8.11. The van der Waals surface area contributed by atoms with Crippen LogP contribution < -0.4 is 4.90 Å². The van der Waals surface area contributed by atoms with Crippen molar-refractivity contribution >= 4 is 49.8 Å². The van der Waals surface area contributed by atoms with Crippen molar-refractivity contribution in [3.63, 3.8) is 0 Å². The largest absolute Gasteiger partial charge is 0.454 e. The summed E-state index contributed by atoms with van der Waals surface area (Å²) in [7, 11) is 0. The second-order valence-corrected chi connectivity index (χ2v) is 16.0. The zero-order valence-electron chi connectivity index (χ0n) is 33.4. The average molecular weight is 778 g/mol. The molecule has 0 saturated carbocycles. The van der Waals surface area contributed by atoms with E-state index in [1.807, 2.05) is 0 Å². The first-order valence-corrected chi connectivity index (χ1v) is 21.0. The highest BCUT2D eigenvalue weighted by Gasteiger charge is 2.46. The van der Waals surface area contributed by atoms with Crippen LogP contribution in [0.4, 0.5) is 17.1 Å². The van der Waals surface area contributed by atoms with Crippen molar-refractivity contribution in [1.29, 1.82) is 0 Å². The highest BCUT2D eigenvalue weighted by molar-refractivity contribution is 6.21. The molecule has 0 bridgehead atoms. The van der Waals surface area contributed by atoms with Gasteiger partial charge in [-0.2, -0.15) is 0 Å². The molecule has 0 radical (unpaired) electrons. The van der Waals surface area contributed by atoms with Gasteiger partial charge in [0.25, 0.3) is 0 Å². The first kappa shape index (κ1) is 35.0. The normalized spacial score (nSPS) is 12.7. The quantitative estimate of drug-likeness (QED) is 0.160. The van der Waals surface area contributed by atoms with Crippen LogP contribution in [0, 0.1) is 0 Å². The van der Waals surface area contributed by atoms with E-state index in [2.05, 4.69) is 241 Å². The van der Waals surface area contributed by atoms with Crippen molar-refractivity contribution < 1.29 is 4.42 Å². The fourth-order valence-electron chi connectivity index (χ4n) is 10.1. The fourth-order valence-corrected chi connectivity index (χ4v) is 10.1. The summed E-state index contributed by atoms with van der Waals surface area (Å²) in [6.45, 7) is 0. The minimum absolute atomic E-state index is 0.543. The minimum Gasteiger partial charge on any atom is -0.454 e. The summed E-state index contributed by atoms with van der Waals surface area (Å²) >= 11 is 0. The van der Waals surface area contributed by atoms with Gasteiger partial charge in [0.1, 0.15) is 5.58 Å². The second-order valence-electron chi connectivity index (χ2n) is 16.0. The molecule has 0 atom stereocenters. The molecule has 2 heteroatoms. The minimum atomic E-state index is -0.543. The highest BCUT2D eigenvalue weighted by Crippen LogP contribution is 2.59. The van der Waals surface area contributed by atoms with Crippen molar-refractivity contribution in [1.82, 2.24) is 0 Å².